The van der Waals surface area contributed by atoms with Crippen molar-refractivity contribution in [3.05, 3.63) is 46.7 Å². The van der Waals surface area contributed by atoms with E-state index in [-0.39, 0.29) is 17.4 Å². The summed E-state index contributed by atoms with van der Waals surface area (Å²) in [6.07, 6.45) is 2.33. The van der Waals surface area contributed by atoms with Gasteiger partial charge in [-0.25, -0.2) is 4.68 Å². The number of hydrogen-bond acceptors (Lipinski definition) is 4. The molecule has 0 spiro atoms. The van der Waals surface area contributed by atoms with Crippen LogP contribution in [0.15, 0.2) is 30.5 Å². The lowest BCUT2D eigenvalue weighted by atomic mass is 10.1. The van der Waals surface area contributed by atoms with E-state index in [1.165, 1.54) is 0 Å². The molecule has 1 N–H and O–H groups in total. The zero-order chi connectivity index (χ0) is 21.9. The Balaban J connectivity index is 1.65. The van der Waals surface area contributed by atoms with E-state index >= 15 is 0 Å². The molecule has 30 heavy (non-hydrogen) atoms. The summed E-state index contributed by atoms with van der Waals surface area (Å²) in [5, 5.41) is 8.06. The Morgan fingerprint density at radius 2 is 1.87 bits per heavy atom. The quantitative estimate of drug-likeness (QED) is 0.790. The van der Waals surface area contributed by atoms with Crippen LogP contribution < -0.4 is 5.32 Å². The van der Waals surface area contributed by atoms with Gasteiger partial charge >= 0.3 is 0 Å². The number of benzene rings is 1. The van der Waals surface area contributed by atoms with Crippen molar-refractivity contribution >= 4 is 23.4 Å². The van der Waals surface area contributed by atoms with Crippen LogP contribution in [-0.2, 0) is 11.2 Å². The fourth-order valence-corrected chi connectivity index (χ4v) is 3.85. The first-order chi connectivity index (χ1) is 14.2. The molecular weight excluding hydrogens is 402 g/mol. The van der Waals surface area contributed by atoms with Crippen LogP contribution in [0.4, 0.5) is 0 Å². The molecule has 0 radical (unpaired) electrons. The Kier molecular flexibility index (Phi) is 6.83. The van der Waals surface area contributed by atoms with Crippen LogP contribution in [0.3, 0.4) is 0 Å². The molecule has 0 unspecified atom stereocenters. The Morgan fingerprint density at radius 1 is 1.17 bits per heavy atom. The number of nitrogens with one attached hydrogen (secondary N) is 1. The van der Waals surface area contributed by atoms with Gasteiger partial charge in [0.25, 0.3) is 5.91 Å². The van der Waals surface area contributed by atoms with Crippen molar-refractivity contribution in [3.8, 4) is 5.69 Å². The third-order valence-electron chi connectivity index (χ3n) is 5.03. The van der Waals surface area contributed by atoms with E-state index in [9.17, 15) is 9.59 Å². The summed E-state index contributed by atoms with van der Waals surface area (Å²) < 4.78 is 1.78. The Bertz CT molecular complexity index is 910. The maximum Gasteiger partial charge on any atom is 0.257 e. The highest BCUT2D eigenvalue weighted by atomic mass is 35.5. The van der Waals surface area contributed by atoms with E-state index in [0.29, 0.717) is 49.7 Å². The van der Waals surface area contributed by atoms with Crippen molar-refractivity contribution in [1.29, 1.82) is 0 Å². The minimum Gasteiger partial charge on any atom is -0.350 e. The fourth-order valence-electron chi connectivity index (χ4n) is 3.66. The van der Waals surface area contributed by atoms with E-state index < -0.39 is 0 Å². The van der Waals surface area contributed by atoms with Gasteiger partial charge in [-0.3, -0.25) is 14.5 Å². The van der Waals surface area contributed by atoms with E-state index in [1.807, 2.05) is 56.9 Å². The summed E-state index contributed by atoms with van der Waals surface area (Å²) >= 11 is 6.12. The summed E-state index contributed by atoms with van der Waals surface area (Å²) in [4.78, 5) is 29.2. The van der Waals surface area contributed by atoms with Crippen LogP contribution in [0.1, 0.15) is 43.7 Å². The average molecular weight is 432 g/mol. The molecular formula is C22H30ClN5O2. The topological polar surface area (TPSA) is 70.5 Å². The van der Waals surface area contributed by atoms with E-state index in [0.717, 1.165) is 11.4 Å². The minimum atomic E-state index is -0.242. The van der Waals surface area contributed by atoms with Gasteiger partial charge in [0, 0.05) is 36.7 Å². The summed E-state index contributed by atoms with van der Waals surface area (Å²) in [6.45, 7) is 10.8. The summed E-state index contributed by atoms with van der Waals surface area (Å²) in [5.74, 6) is -0.00253. The Hall–Kier alpha value is -2.38. The first kappa shape index (κ1) is 22.3. The number of nitrogens with zero attached hydrogens (tertiary/aromatic N) is 4. The molecule has 1 aliphatic heterocycles. The van der Waals surface area contributed by atoms with Gasteiger partial charge in [0.05, 0.1) is 29.7 Å². The molecule has 1 aromatic heterocycles. The Morgan fingerprint density at radius 3 is 2.47 bits per heavy atom. The van der Waals surface area contributed by atoms with Crippen LogP contribution in [0, 0.1) is 0 Å². The monoisotopic (exact) mass is 431 g/mol. The number of piperazine rings is 1. The maximum absolute atomic E-state index is 13.2. The van der Waals surface area contributed by atoms with Crippen molar-refractivity contribution in [2.24, 2.45) is 0 Å². The van der Waals surface area contributed by atoms with Gasteiger partial charge in [-0.1, -0.05) is 24.6 Å². The van der Waals surface area contributed by atoms with E-state index in [1.54, 1.807) is 10.9 Å². The molecule has 7 nitrogen and oxygen atoms in total. The van der Waals surface area contributed by atoms with Crippen LogP contribution in [-0.4, -0.2) is 69.7 Å². The second-order valence-corrected chi connectivity index (χ2v) is 9.05. The highest BCUT2D eigenvalue weighted by Gasteiger charge is 2.27. The van der Waals surface area contributed by atoms with Crippen molar-refractivity contribution in [3.63, 3.8) is 0 Å². The third kappa shape index (κ3) is 5.40. The number of hydrogen-bond donors (Lipinski definition) is 1. The van der Waals surface area contributed by atoms with Crippen molar-refractivity contribution in [2.45, 2.75) is 39.7 Å². The number of carbonyl (C=O) groups excluding carboxylic acids is 2. The van der Waals surface area contributed by atoms with Crippen LogP contribution >= 0.6 is 11.6 Å². The number of carbonyl (C=O) groups is 2. The van der Waals surface area contributed by atoms with Crippen LogP contribution in [0.25, 0.3) is 5.69 Å². The van der Waals surface area contributed by atoms with Gasteiger partial charge in [0.15, 0.2) is 0 Å². The van der Waals surface area contributed by atoms with E-state index in [2.05, 4.69) is 15.3 Å². The molecule has 0 bridgehead atoms. The van der Waals surface area contributed by atoms with Gasteiger partial charge in [0.1, 0.15) is 0 Å². The maximum atomic E-state index is 13.2. The number of amides is 2. The lowest BCUT2D eigenvalue weighted by Crippen LogP contribution is -2.52. The molecule has 0 saturated carbocycles. The molecule has 1 aromatic carbocycles. The van der Waals surface area contributed by atoms with Gasteiger partial charge in [0.2, 0.25) is 5.91 Å². The van der Waals surface area contributed by atoms with Gasteiger partial charge in [-0.2, -0.15) is 5.10 Å². The largest absolute Gasteiger partial charge is 0.350 e. The van der Waals surface area contributed by atoms with Gasteiger partial charge in [-0.15, -0.1) is 0 Å². The van der Waals surface area contributed by atoms with E-state index in [4.69, 9.17) is 11.6 Å². The first-order valence-electron chi connectivity index (χ1n) is 10.3. The zero-order valence-corrected chi connectivity index (χ0v) is 18.9. The lowest BCUT2D eigenvalue weighted by molar-refractivity contribution is -0.124. The van der Waals surface area contributed by atoms with Crippen molar-refractivity contribution < 1.29 is 9.59 Å². The molecule has 8 heteroatoms. The molecule has 1 saturated heterocycles. The summed E-state index contributed by atoms with van der Waals surface area (Å²) in [7, 11) is 0. The highest BCUT2D eigenvalue weighted by molar-refractivity contribution is 6.30. The number of aromatic nitrogens is 2. The third-order valence-corrected chi connectivity index (χ3v) is 5.26. The fraction of sp³-hybridized carbons (Fsp3) is 0.500. The van der Waals surface area contributed by atoms with Crippen molar-refractivity contribution in [1.82, 2.24) is 24.9 Å². The highest BCUT2D eigenvalue weighted by Crippen LogP contribution is 2.20. The average Bonchev–Trinajstić information content (AvgIpc) is 3.10. The molecule has 2 aromatic rings. The summed E-state index contributed by atoms with van der Waals surface area (Å²) in [5.41, 5.74) is 2.09. The second kappa shape index (κ2) is 9.18. The van der Waals surface area contributed by atoms with Crippen LogP contribution in [0.2, 0.25) is 5.02 Å². The normalized spacial score (nSPS) is 15.3. The molecule has 0 aliphatic carbocycles. The lowest BCUT2D eigenvalue weighted by Gasteiger charge is -2.35. The predicted octanol–water partition coefficient (Wildman–Crippen LogP) is 2.76. The standard InChI is InChI=1S/C22H30ClN5O2/c1-5-19-18(14-24-28(19)17-8-6-7-16(23)13-17)21(30)27-11-9-26(10-12-27)15-20(29)25-22(2,3)4/h6-8,13-14H,5,9-12,15H2,1-4H3,(H,25,29). The molecule has 1 aliphatic rings. The smallest absolute Gasteiger partial charge is 0.257 e. The molecule has 3 rings (SSSR count). The molecule has 2 heterocycles. The second-order valence-electron chi connectivity index (χ2n) is 8.62. The molecule has 1 fully saturated rings. The zero-order valence-electron chi connectivity index (χ0n) is 18.1. The minimum absolute atomic E-state index is 0.0124. The molecule has 162 valence electrons. The number of rotatable bonds is 5. The molecule has 2 amide bonds. The van der Waals surface area contributed by atoms with Crippen molar-refractivity contribution in [2.75, 3.05) is 32.7 Å². The van der Waals surface area contributed by atoms with Gasteiger partial charge in [-0.05, 0) is 45.4 Å². The Labute approximate surface area is 183 Å². The number of halogens is 1. The SMILES string of the molecule is CCc1c(C(=O)N2CCN(CC(=O)NC(C)(C)C)CC2)cnn1-c1cccc(Cl)c1. The molecule has 0 atom stereocenters. The predicted molar refractivity (Wildman–Crippen MR) is 118 cm³/mol. The first-order valence-corrected chi connectivity index (χ1v) is 10.7. The van der Waals surface area contributed by atoms with Crippen LogP contribution in [0.5, 0.6) is 0 Å². The summed E-state index contributed by atoms with van der Waals surface area (Å²) in [6, 6.07) is 7.44. The van der Waals surface area contributed by atoms with Gasteiger partial charge < -0.3 is 10.2 Å².